The summed E-state index contributed by atoms with van der Waals surface area (Å²) in [7, 11) is 1.23. The van der Waals surface area contributed by atoms with Gasteiger partial charge in [0, 0.05) is 16.5 Å². The normalized spacial score (nSPS) is 11.7. The van der Waals surface area contributed by atoms with Gasteiger partial charge in [0.2, 0.25) is 0 Å². The molecule has 2 aromatic carbocycles. The summed E-state index contributed by atoms with van der Waals surface area (Å²) in [6.07, 6.45) is 0. The number of halogens is 2. The predicted octanol–water partition coefficient (Wildman–Crippen LogP) is 3.87. The Labute approximate surface area is 142 Å². The first kappa shape index (κ1) is 17.9. The fourth-order valence-electron chi connectivity index (χ4n) is 1.90. The summed E-state index contributed by atoms with van der Waals surface area (Å²) >= 11 is 0.881. The van der Waals surface area contributed by atoms with Crippen LogP contribution in [0.4, 0.5) is 14.5 Å². The smallest absolute Gasteiger partial charge is 0.318 e. The Hall–Kier alpha value is -2.41. The lowest BCUT2D eigenvalue weighted by atomic mass is 10.2. The molecule has 0 fully saturated rings. The molecule has 1 N–H and O–H groups in total. The summed E-state index contributed by atoms with van der Waals surface area (Å²) in [5.74, 6) is -2.76. The monoisotopic (exact) mass is 351 g/mol. The third kappa shape index (κ3) is 4.32. The van der Waals surface area contributed by atoms with E-state index in [0.717, 1.165) is 17.8 Å². The number of hydrogen-bond acceptors (Lipinski definition) is 4. The summed E-state index contributed by atoms with van der Waals surface area (Å²) in [6.45, 7) is 1.54. The molecule has 1 unspecified atom stereocenters. The quantitative estimate of drug-likeness (QED) is 0.656. The van der Waals surface area contributed by atoms with Gasteiger partial charge in [-0.2, -0.15) is 0 Å². The number of methoxy groups -OCH3 is 1. The van der Waals surface area contributed by atoms with Gasteiger partial charge in [-0.1, -0.05) is 18.2 Å². The second-order valence-electron chi connectivity index (χ2n) is 4.87. The maximum absolute atomic E-state index is 13.9. The molecule has 4 nitrogen and oxygen atoms in total. The molecule has 2 rings (SSSR count). The van der Waals surface area contributed by atoms with Gasteiger partial charge >= 0.3 is 5.97 Å². The molecule has 0 saturated heterocycles. The first-order valence-corrected chi connectivity index (χ1v) is 7.90. The van der Waals surface area contributed by atoms with Crippen molar-refractivity contribution < 1.29 is 23.1 Å². The molecule has 1 amide bonds. The van der Waals surface area contributed by atoms with Crippen LogP contribution in [0.25, 0.3) is 0 Å². The molecule has 7 heteroatoms. The van der Waals surface area contributed by atoms with E-state index in [1.165, 1.54) is 7.11 Å². The van der Waals surface area contributed by atoms with E-state index in [9.17, 15) is 18.4 Å². The number of nitrogens with one attached hydrogen (secondary N) is 1. The highest BCUT2D eigenvalue weighted by atomic mass is 32.2. The number of rotatable bonds is 5. The fourth-order valence-corrected chi connectivity index (χ4v) is 2.83. The van der Waals surface area contributed by atoms with Crippen molar-refractivity contribution in [3.05, 3.63) is 59.7 Å². The van der Waals surface area contributed by atoms with Crippen molar-refractivity contribution in [1.82, 2.24) is 0 Å². The zero-order valence-electron chi connectivity index (χ0n) is 13.0. The van der Waals surface area contributed by atoms with Crippen LogP contribution in [-0.2, 0) is 9.53 Å². The first-order valence-electron chi connectivity index (χ1n) is 7.02. The maximum Gasteiger partial charge on any atom is 0.318 e. The topological polar surface area (TPSA) is 55.4 Å². The molecule has 0 aliphatic carbocycles. The number of hydrogen-bond donors (Lipinski definition) is 1. The van der Waals surface area contributed by atoms with Crippen LogP contribution in [0, 0.1) is 11.6 Å². The van der Waals surface area contributed by atoms with Crippen molar-refractivity contribution in [2.45, 2.75) is 17.1 Å². The van der Waals surface area contributed by atoms with Crippen LogP contribution < -0.4 is 5.32 Å². The number of thioether (sulfide) groups is 1. The molecule has 1 atom stereocenters. The number of carbonyl (C=O) groups is 2. The molecule has 0 aliphatic heterocycles. The summed E-state index contributed by atoms with van der Waals surface area (Å²) < 4.78 is 32.4. The number of anilines is 1. The van der Waals surface area contributed by atoms with E-state index >= 15 is 0 Å². The van der Waals surface area contributed by atoms with Crippen LogP contribution in [0.3, 0.4) is 0 Å². The van der Waals surface area contributed by atoms with Crippen LogP contribution in [0.1, 0.15) is 17.3 Å². The molecule has 0 aromatic heterocycles. The lowest BCUT2D eigenvalue weighted by Crippen LogP contribution is -2.15. The molecular weight excluding hydrogens is 336 g/mol. The van der Waals surface area contributed by atoms with Gasteiger partial charge in [-0.15, -0.1) is 11.8 Å². The van der Waals surface area contributed by atoms with Gasteiger partial charge in [0.05, 0.1) is 12.8 Å². The Morgan fingerprint density at radius 2 is 1.79 bits per heavy atom. The minimum absolute atomic E-state index is 0.0395. The van der Waals surface area contributed by atoms with Crippen molar-refractivity contribution in [2.75, 3.05) is 12.4 Å². The Morgan fingerprint density at radius 1 is 1.12 bits per heavy atom. The predicted molar refractivity (Wildman–Crippen MR) is 88.1 cm³/mol. The molecular formula is C17H15F2NO3S. The standard InChI is InChI=1S/C17H15F2NO3S/c1-10(17(22)23-2)24-15-9-14(12(18)8-13(15)19)20-16(21)11-6-4-3-5-7-11/h3-10H,1-2H3,(H,20,21). The van der Waals surface area contributed by atoms with Gasteiger partial charge in [-0.25, -0.2) is 8.78 Å². The van der Waals surface area contributed by atoms with Crippen molar-refractivity contribution in [2.24, 2.45) is 0 Å². The minimum atomic E-state index is -0.896. The minimum Gasteiger partial charge on any atom is -0.468 e. The lowest BCUT2D eigenvalue weighted by molar-refractivity contribution is -0.139. The van der Waals surface area contributed by atoms with Gasteiger partial charge in [0.25, 0.3) is 5.91 Å². The summed E-state index contributed by atoms with van der Waals surface area (Å²) in [5, 5.41) is 1.73. The van der Waals surface area contributed by atoms with E-state index in [4.69, 9.17) is 0 Å². The zero-order valence-corrected chi connectivity index (χ0v) is 13.8. The molecule has 0 bridgehead atoms. The van der Waals surface area contributed by atoms with E-state index in [1.807, 2.05) is 0 Å². The molecule has 0 spiro atoms. The fraction of sp³-hybridized carbons (Fsp3) is 0.176. The molecule has 2 aromatic rings. The SMILES string of the molecule is COC(=O)C(C)Sc1cc(NC(=O)c2ccccc2)c(F)cc1F. The number of benzene rings is 2. The van der Waals surface area contributed by atoms with Gasteiger partial charge in [0.15, 0.2) is 0 Å². The zero-order chi connectivity index (χ0) is 17.7. The maximum atomic E-state index is 13.9. The van der Waals surface area contributed by atoms with Crippen LogP contribution in [0.5, 0.6) is 0 Å². The van der Waals surface area contributed by atoms with E-state index in [1.54, 1.807) is 37.3 Å². The number of ether oxygens (including phenoxy) is 1. The largest absolute Gasteiger partial charge is 0.468 e. The van der Waals surface area contributed by atoms with E-state index < -0.39 is 28.8 Å². The Bertz CT molecular complexity index is 753. The summed E-state index contributed by atoms with van der Waals surface area (Å²) in [4.78, 5) is 23.6. The molecule has 0 radical (unpaired) electrons. The highest BCUT2D eigenvalue weighted by molar-refractivity contribution is 8.00. The molecule has 0 saturated carbocycles. The highest BCUT2D eigenvalue weighted by Gasteiger charge is 2.19. The Morgan fingerprint density at radius 3 is 2.42 bits per heavy atom. The third-order valence-electron chi connectivity index (χ3n) is 3.14. The molecule has 0 aliphatic rings. The van der Waals surface area contributed by atoms with Crippen LogP contribution >= 0.6 is 11.8 Å². The van der Waals surface area contributed by atoms with E-state index in [2.05, 4.69) is 10.1 Å². The van der Waals surface area contributed by atoms with Crippen LogP contribution in [0.2, 0.25) is 0 Å². The molecule has 24 heavy (non-hydrogen) atoms. The highest BCUT2D eigenvalue weighted by Crippen LogP contribution is 2.31. The number of carbonyl (C=O) groups excluding carboxylic acids is 2. The summed E-state index contributed by atoms with van der Waals surface area (Å²) in [5.41, 5.74) is 0.183. The summed E-state index contributed by atoms with van der Waals surface area (Å²) in [6, 6.07) is 10.1. The average molecular weight is 351 g/mol. The number of esters is 1. The van der Waals surface area contributed by atoms with E-state index in [-0.39, 0.29) is 10.6 Å². The Balaban J connectivity index is 2.23. The van der Waals surface area contributed by atoms with Gasteiger partial charge in [-0.05, 0) is 25.1 Å². The Kier molecular flexibility index (Phi) is 5.92. The van der Waals surface area contributed by atoms with Gasteiger partial charge in [-0.3, -0.25) is 9.59 Å². The van der Waals surface area contributed by atoms with Crippen LogP contribution in [-0.4, -0.2) is 24.2 Å². The average Bonchev–Trinajstić information content (AvgIpc) is 2.58. The van der Waals surface area contributed by atoms with E-state index in [0.29, 0.717) is 11.6 Å². The van der Waals surface area contributed by atoms with Gasteiger partial charge in [0.1, 0.15) is 16.9 Å². The lowest BCUT2D eigenvalue weighted by Gasteiger charge is -2.12. The van der Waals surface area contributed by atoms with Crippen LogP contribution in [0.15, 0.2) is 47.4 Å². The number of amides is 1. The third-order valence-corrected chi connectivity index (χ3v) is 4.26. The second-order valence-corrected chi connectivity index (χ2v) is 6.25. The second kappa shape index (κ2) is 7.92. The van der Waals surface area contributed by atoms with Crippen molar-refractivity contribution in [1.29, 1.82) is 0 Å². The van der Waals surface area contributed by atoms with Crippen molar-refractivity contribution in [3.8, 4) is 0 Å². The first-order chi connectivity index (χ1) is 11.4. The van der Waals surface area contributed by atoms with Crippen molar-refractivity contribution >= 4 is 29.3 Å². The van der Waals surface area contributed by atoms with Crippen molar-refractivity contribution in [3.63, 3.8) is 0 Å². The molecule has 126 valence electrons. The molecule has 0 heterocycles. The van der Waals surface area contributed by atoms with Gasteiger partial charge < -0.3 is 10.1 Å².